The minimum Gasteiger partial charge on any atom is -0.497 e. The highest BCUT2D eigenvalue weighted by Crippen LogP contribution is 2.29. The maximum Gasteiger partial charge on any atom is 0.273 e. The summed E-state index contributed by atoms with van der Waals surface area (Å²) in [6.07, 6.45) is 0.104. The van der Waals surface area contributed by atoms with Crippen LogP contribution in [0.5, 0.6) is 5.75 Å². The number of aryl methyl sites for hydroxylation is 1. The average molecular weight is 649 g/mol. The van der Waals surface area contributed by atoms with Gasteiger partial charge in [-0.3, -0.25) is 24.0 Å². The van der Waals surface area contributed by atoms with Crippen LogP contribution in [0.4, 0.5) is 15.8 Å². The van der Waals surface area contributed by atoms with E-state index in [2.05, 4.69) is 5.32 Å². The first-order chi connectivity index (χ1) is 21.9. The van der Waals surface area contributed by atoms with Gasteiger partial charge in [-0.05, 0) is 60.5 Å². The summed E-state index contributed by atoms with van der Waals surface area (Å²) in [7, 11) is -1.70. The van der Waals surface area contributed by atoms with E-state index in [0.29, 0.717) is 11.3 Å². The van der Waals surface area contributed by atoms with Gasteiger partial charge in [-0.1, -0.05) is 48.5 Å². The molecule has 0 saturated carbocycles. The van der Waals surface area contributed by atoms with Crippen molar-refractivity contribution in [1.82, 2.24) is 10.2 Å². The van der Waals surface area contributed by atoms with Gasteiger partial charge in [-0.25, -0.2) is 12.8 Å². The van der Waals surface area contributed by atoms with E-state index >= 15 is 0 Å². The summed E-state index contributed by atoms with van der Waals surface area (Å²) >= 11 is 0. The molecule has 4 aromatic rings. The van der Waals surface area contributed by atoms with Crippen LogP contribution in [-0.2, 0) is 32.6 Å². The molecule has 0 bridgehead atoms. The van der Waals surface area contributed by atoms with E-state index in [-0.39, 0.29) is 24.2 Å². The summed E-state index contributed by atoms with van der Waals surface area (Å²) in [5.74, 6) is -1.29. The zero-order valence-electron chi connectivity index (χ0n) is 25.4. The van der Waals surface area contributed by atoms with Crippen molar-refractivity contribution in [3.8, 4) is 5.75 Å². The van der Waals surface area contributed by atoms with Crippen molar-refractivity contribution in [1.29, 1.82) is 0 Å². The standard InChI is InChI=1S/C33H33FN4O7S/c1-23-9-18-29(20-30(23)38(41)42)46(43,44)37(27-14-16-28(45-3)17-15-27)22-32(39)36(21-25-10-12-26(34)13-11-25)31(33(40)35-2)19-24-7-5-4-6-8-24/h4-18,20,31H,19,21-22H2,1-3H3,(H,35,40)/t31-/m1/s1. The molecule has 0 fully saturated rings. The number of benzene rings is 4. The van der Waals surface area contributed by atoms with E-state index in [9.17, 15) is 32.5 Å². The number of nitro groups is 1. The van der Waals surface area contributed by atoms with Crippen LogP contribution in [0.2, 0.25) is 0 Å². The summed E-state index contributed by atoms with van der Waals surface area (Å²) in [6, 6.07) is 22.7. The van der Waals surface area contributed by atoms with Crippen molar-refractivity contribution in [3.05, 3.63) is 130 Å². The number of nitrogens with one attached hydrogen (secondary N) is 1. The number of amides is 2. The predicted molar refractivity (Wildman–Crippen MR) is 170 cm³/mol. The fraction of sp³-hybridized carbons (Fsp3) is 0.212. The van der Waals surface area contributed by atoms with E-state index in [0.717, 1.165) is 15.9 Å². The molecule has 240 valence electrons. The molecule has 13 heteroatoms. The molecule has 11 nitrogen and oxygen atoms in total. The molecule has 0 aliphatic heterocycles. The molecule has 0 aliphatic rings. The fourth-order valence-corrected chi connectivity index (χ4v) is 6.29. The molecule has 0 unspecified atom stereocenters. The Morgan fingerprint density at radius 2 is 1.61 bits per heavy atom. The number of halogens is 1. The zero-order chi connectivity index (χ0) is 33.4. The van der Waals surface area contributed by atoms with Crippen molar-refractivity contribution in [2.75, 3.05) is 25.0 Å². The molecule has 2 amide bonds. The molecule has 4 aromatic carbocycles. The molecular formula is C33H33FN4O7S. The maximum absolute atomic E-state index is 14.3. The van der Waals surface area contributed by atoms with Crippen LogP contribution in [0.15, 0.2) is 102 Å². The highest BCUT2D eigenvalue weighted by atomic mass is 32.2. The monoisotopic (exact) mass is 648 g/mol. The van der Waals surface area contributed by atoms with Gasteiger partial charge in [-0.2, -0.15) is 0 Å². The molecule has 0 aliphatic carbocycles. The average Bonchev–Trinajstić information content (AvgIpc) is 3.06. The Bertz CT molecular complexity index is 1800. The largest absolute Gasteiger partial charge is 0.497 e. The Morgan fingerprint density at radius 1 is 0.957 bits per heavy atom. The molecule has 0 radical (unpaired) electrons. The molecule has 1 N–H and O–H groups in total. The van der Waals surface area contributed by atoms with Crippen molar-refractivity contribution in [2.24, 2.45) is 0 Å². The molecular weight excluding hydrogens is 615 g/mol. The normalized spacial score (nSPS) is 11.7. The first-order valence-electron chi connectivity index (χ1n) is 14.2. The molecule has 0 aromatic heterocycles. The van der Waals surface area contributed by atoms with E-state index < -0.39 is 55.7 Å². The first kappa shape index (κ1) is 33.6. The van der Waals surface area contributed by atoms with Crippen LogP contribution in [-0.4, -0.2) is 56.8 Å². The van der Waals surface area contributed by atoms with Crippen LogP contribution in [0.25, 0.3) is 0 Å². The molecule has 0 heterocycles. The number of sulfonamides is 1. The number of methoxy groups -OCH3 is 1. The first-order valence-corrected chi connectivity index (χ1v) is 15.6. The number of hydrogen-bond donors (Lipinski definition) is 1. The third-order valence-electron chi connectivity index (χ3n) is 7.39. The second kappa shape index (κ2) is 14.7. The number of likely N-dealkylation sites (N-methyl/N-ethyl adjacent to an activating group) is 1. The number of rotatable bonds is 13. The van der Waals surface area contributed by atoms with Crippen LogP contribution < -0.4 is 14.4 Å². The van der Waals surface area contributed by atoms with Crippen molar-refractivity contribution in [2.45, 2.75) is 30.8 Å². The van der Waals surface area contributed by atoms with Gasteiger partial charge in [0.1, 0.15) is 24.2 Å². The van der Waals surface area contributed by atoms with Crippen LogP contribution in [0.3, 0.4) is 0 Å². The van der Waals surface area contributed by atoms with Crippen LogP contribution in [0, 0.1) is 22.9 Å². The van der Waals surface area contributed by atoms with Crippen molar-refractivity contribution in [3.63, 3.8) is 0 Å². The van der Waals surface area contributed by atoms with Gasteiger partial charge in [0.2, 0.25) is 11.8 Å². The Morgan fingerprint density at radius 3 is 2.20 bits per heavy atom. The van der Waals surface area contributed by atoms with Crippen molar-refractivity contribution < 1.29 is 32.1 Å². The Balaban J connectivity index is 1.82. The Kier molecular flexibility index (Phi) is 10.7. The Labute approximate surface area is 266 Å². The van der Waals surface area contributed by atoms with Gasteiger partial charge in [0.15, 0.2) is 0 Å². The number of hydrogen-bond acceptors (Lipinski definition) is 7. The van der Waals surface area contributed by atoms with Gasteiger partial charge in [-0.15, -0.1) is 0 Å². The minimum atomic E-state index is -4.57. The summed E-state index contributed by atoms with van der Waals surface area (Å²) < 4.78 is 48.1. The van der Waals surface area contributed by atoms with E-state index in [4.69, 9.17) is 4.74 Å². The third kappa shape index (κ3) is 7.85. The zero-order valence-corrected chi connectivity index (χ0v) is 26.2. The second-order valence-electron chi connectivity index (χ2n) is 10.4. The number of nitro benzene ring substituents is 1. The van der Waals surface area contributed by atoms with E-state index in [1.807, 2.05) is 6.07 Å². The quantitative estimate of drug-likeness (QED) is 0.165. The topological polar surface area (TPSA) is 139 Å². The van der Waals surface area contributed by atoms with E-state index in [1.165, 1.54) is 86.6 Å². The number of ether oxygens (including phenoxy) is 1. The lowest BCUT2D eigenvalue weighted by molar-refractivity contribution is -0.385. The molecule has 46 heavy (non-hydrogen) atoms. The number of carbonyl (C=O) groups excluding carboxylic acids is 2. The summed E-state index contributed by atoms with van der Waals surface area (Å²) in [5, 5.41) is 14.2. The van der Waals surface area contributed by atoms with Gasteiger partial charge >= 0.3 is 0 Å². The molecule has 0 saturated heterocycles. The SMILES string of the molecule is CNC(=O)[C@@H](Cc1ccccc1)N(Cc1ccc(F)cc1)C(=O)CN(c1ccc(OC)cc1)S(=O)(=O)c1ccc(C)c([N+](=O)[O-])c1. The maximum atomic E-state index is 14.3. The van der Waals surface area contributed by atoms with Gasteiger partial charge in [0, 0.05) is 31.6 Å². The molecule has 0 spiro atoms. The summed E-state index contributed by atoms with van der Waals surface area (Å²) in [4.78, 5) is 39.4. The lowest BCUT2D eigenvalue weighted by Crippen LogP contribution is -2.53. The van der Waals surface area contributed by atoms with Gasteiger partial charge in [0.05, 0.1) is 22.6 Å². The van der Waals surface area contributed by atoms with Crippen LogP contribution in [0.1, 0.15) is 16.7 Å². The lowest BCUT2D eigenvalue weighted by atomic mass is 10.0. The van der Waals surface area contributed by atoms with Gasteiger partial charge < -0.3 is 15.0 Å². The summed E-state index contributed by atoms with van der Waals surface area (Å²) in [5.41, 5.74) is 1.20. The van der Waals surface area contributed by atoms with E-state index in [1.54, 1.807) is 24.3 Å². The summed E-state index contributed by atoms with van der Waals surface area (Å²) in [6.45, 7) is 0.578. The minimum absolute atomic E-state index is 0.0821. The number of nitrogens with zero attached hydrogens (tertiary/aromatic N) is 3. The second-order valence-corrected chi connectivity index (χ2v) is 12.2. The Hall–Kier alpha value is -5.30. The molecule has 4 rings (SSSR count). The van der Waals surface area contributed by atoms with Gasteiger partial charge in [0.25, 0.3) is 15.7 Å². The number of carbonyl (C=O) groups is 2. The number of anilines is 1. The smallest absolute Gasteiger partial charge is 0.273 e. The van der Waals surface area contributed by atoms with Crippen LogP contribution >= 0.6 is 0 Å². The highest BCUT2D eigenvalue weighted by Gasteiger charge is 2.35. The fourth-order valence-electron chi connectivity index (χ4n) is 4.86. The lowest BCUT2D eigenvalue weighted by Gasteiger charge is -2.33. The molecule has 1 atom stereocenters. The predicted octanol–water partition coefficient (Wildman–Crippen LogP) is 4.63. The highest BCUT2D eigenvalue weighted by molar-refractivity contribution is 7.92. The van der Waals surface area contributed by atoms with Crippen molar-refractivity contribution >= 4 is 33.2 Å². The third-order valence-corrected chi connectivity index (χ3v) is 9.16.